The third-order valence-corrected chi connectivity index (χ3v) is 5.65. The summed E-state index contributed by atoms with van der Waals surface area (Å²) >= 11 is 3.52. The van der Waals surface area contributed by atoms with Crippen LogP contribution in [-0.2, 0) is 11.3 Å². The number of ether oxygens (including phenoxy) is 2. The first kappa shape index (κ1) is 22.1. The van der Waals surface area contributed by atoms with Gasteiger partial charge in [0.25, 0.3) is 0 Å². The molecule has 3 N–H and O–H groups in total. The summed E-state index contributed by atoms with van der Waals surface area (Å²) in [6, 6.07) is 3.73. The third-order valence-electron chi connectivity index (χ3n) is 4.91. The first-order valence-electron chi connectivity index (χ1n) is 8.41. The summed E-state index contributed by atoms with van der Waals surface area (Å²) in [4.78, 5) is 12.4. The van der Waals surface area contributed by atoms with E-state index in [-0.39, 0.29) is 23.7 Å². The molecule has 5 nitrogen and oxygen atoms in total. The van der Waals surface area contributed by atoms with Crippen molar-refractivity contribution in [2.24, 2.45) is 11.1 Å². The summed E-state index contributed by atoms with van der Waals surface area (Å²) in [5.41, 5.74) is 6.90. The number of rotatable bonds is 7. The van der Waals surface area contributed by atoms with Gasteiger partial charge in [0, 0.05) is 17.4 Å². The van der Waals surface area contributed by atoms with Gasteiger partial charge in [-0.1, -0.05) is 35.2 Å². The predicted octanol–water partition coefficient (Wildman–Crippen LogP) is 3.80. The van der Waals surface area contributed by atoms with Crippen molar-refractivity contribution in [2.75, 3.05) is 20.8 Å². The van der Waals surface area contributed by atoms with Crippen LogP contribution in [0, 0.1) is 5.41 Å². The van der Waals surface area contributed by atoms with Gasteiger partial charge in [-0.05, 0) is 42.5 Å². The molecular formula is C18H28BrClN2O3. The summed E-state index contributed by atoms with van der Waals surface area (Å²) in [5.74, 6) is 1.36. The van der Waals surface area contributed by atoms with Crippen LogP contribution in [0.1, 0.15) is 44.1 Å². The highest BCUT2D eigenvalue weighted by Gasteiger charge is 2.32. The van der Waals surface area contributed by atoms with Crippen LogP contribution >= 0.6 is 28.3 Å². The maximum absolute atomic E-state index is 12.4. The van der Waals surface area contributed by atoms with E-state index in [1.165, 1.54) is 19.3 Å². The lowest BCUT2D eigenvalue weighted by atomic mass is 9.71. The minimum absolute atomic E-state index is 0. The SMILES string of the molecule is COc1cc(Br)c(CNC(=O)CC2(CN)CCCCC2)cc1OC.Cl. The summed E-state index contributed by atoms with van der Waals surface area (Å²) in [6.45, 7) is 1.03. The smallest absolute Gasteiger partial charge is 0.220 e. The molecule has 0 atom stereocenters. The van der Waals surface area contributed by atoms with Gasteiger partial charge in [0.1, 0.15) is 0 Å². The number of methoxy groups -OCH3 is 2. The zero-order valence-corrected chi connectivity index (χ0v) is 17.3. The molecule has 0 bridgehead atoms. The van der Waals surface area contributed by atoms with Crippen molar-refractivity contribution >= 4 is 34.2 Å². The Hall–Kier alpha value is -0.980. The lowest BCUT2D eigenvalue weighted by molar-refractivity contribution is -0.124. The lowest BCUT2D eigenvalue weighted by Crippen LogP contribution is -2.38. The van der Waals surface area contributed by atoms with Crippen molar-refractivity contribution < 1.29 is 14.3 Å². The van der Waals surface area contributed by atoms with Crippen LogP contribution in [0.4, 0.5) is 0 Å². The van der Waals surface area contributed by atoms with Crippen LogP contribution in [0.25, 0.3) is 0 Å². The van der Waals surface area contributed by atoms with Gasteiger partial charge in [-0.25, -0.2) is 0 Å². The summed E-state index contributed by atoms with van der Waals surface area (Å²) in [5, 5.41) is 3.01. The highest BCUT2D eigenvalue weighted by molar-refractivity contribution is 9.10. The Bertz CT molecular complexity index is 578. The fourth-order valence-corrected chi connectivity index (χ4v) is 3.85. The van der Waals surface area contributed by atoms with Crippen molar-refractivity contribution in [2.45, 2.75) is 45.1 Å². The molecule has 1 aromatic rings. The van der Waals surface area contributed by atoms with Crippen molar-refractivity contribution in [3.63, 3.8) is 0 Å². The Balaban J connectivity index is 0.00000312. The Morgan fingerprint density at radius 1 is 1.20 bits per heavy atom. The molecule has 1 aromatic carbocycles. The quantitative estimate of drug-likeness (QED) is 0.683. The molecule has 0 heterocycles. The molecule has 1 saturated carbocycles. The molecule has 0 aliphatic heterocycles. The minimum Gasteiger partial charge on any atom is -0.493 e. The zero-order valence-electron chi connectivity index (χ0n) is 14.9. The molecule has 2 rings (SSSR count). The van der Waals surface area contributed by atoms with E-state index in [0.717, 1.165) is 22.9 Å². The maximum atomic E-state index is 12.4. The van der Waals surface area contributed by atoms with Crippen molar-refractivity contribution in [1.82, 2.24) is 5.32 Å². The number of benzene rings is 1. The lowest BCUT2D eigenvalue weighted by Gasteiger charge is -2.35. The van der Waals surface area contributed by atoms with Gasteiger partial charge in [0.05, 0.1) is 14.2 Å². The summed E-state index contributed by atoms with van der Waals surface area (Å²) in [7, 11) is 3.20. The van der Waals surface area contributed by atoms with Gasteiger partial charge in [-0.2, -0.15) is 0 Å². The molecule has 7 heteroatoms. The Labute approximate surface area is 164 Å². The molecule has 0 aromatic heterocycles. The monoisotopic (exact) mass is 434 g/mol. The van der Waals surface area contributed by atoms with Gasteiger partial charge >= 0.3 is 0 Å². The standard InChI is InChI=1S/C18H27BrN2O3.ClH/c1-23-15-8-13(14(19)9-16(15)24-2)11-21-17(22)10-18(12-20)6-4-3-5-7-18;/h8-9H,3-7,10-12,20H2,1-2H3,(H,21,22);1H. The van der Waals surface area contributed by atoms with E-state index in [2.05, 4.69) is 21.2 Å². The van der Waals surface area contributed by atoms with Crippen molar-refractivity contribution in [3.05, 3.63) is 22.2 Å². The first-order valence-corrected chi connectivity index (χ1v) is 9.20. The van der Waals surface area contributed by atoms with Crippen LogP contribution in [0.3, 0.4) is 0 Å². The van der Waals surface area contributed by atoms with E-state index in [4.69, 9.17) is 15.2 Å². The molecule has 1 aliphatic carbocycles. The van der Waals surface area contributed by atoms with Crippen LogP contribution in [-0.4, -0.2) is 26.7 Å². The van der Waals surface area contributed by atoms with E-state index in [0.29, 0.717) is 31.0 Å². The zero-order chi connectivity index (χ0) is 17.6. The molecule has 1 fully saturated rings. The van der Waals surface area contributed by atoms with E-state index >= 15 is 0 Å². The fraction of sp³-hybridized carbons (Fsp3) is 0.611. The topological polar surface area (TPSA) is 73.6 Å². The Morgan fingerprint density at radius 3 is 2.36 bits per heavy atom. The molecule has 0 unspecified atom stereocenters. The highest BCUT2D eigenvalue weighted by Crippen LogP contribution is 2.38. The molecule has 142 valence electrons. The van der Waals surface area contributed by atoms with Gasteiger partial charge in [-0.3, -0.25) is 4.79 Å². The number of carbonyl (C=O) groups is 1. The van der Waals surface area contributed by atoms with Gasteiger partial charge in [-0.15, -0.1) is 12.4 Å². The maximum Gasteiger partial charge on any atom is 0.220 e. The fourth-order valence-electron chi connectivity index (χ4n) is 3.38. The predicted molar refractivity (Wildman–Crippen MR) is 106 cm³/mol. The first-order chi connectivity index (χ1) is 11.5. The second-order valence-electron chi connectivity index (χ2n) is 6.52. The second kappa shape index (κ2) is 10.2. The molecule has 0 radical (unpaired) electrons. The van der Waals surface area contributed by atoms with E-state index < -0.39 is 0 Å². The molecule has 1 amide bonds. The number of hydrogen-bond donors (Lipinski definition) is 2. The van der Waals surface area contributed by atoms with Crippen LogP contribution in [0.5, 0.6) is 11.5 Å². The Morgan fingerprint density at radius 2 is 1.80 bits per heavy atom. The minimum atomic E-state index is -0.0167. The highest BCUT2D eigenvalue weighted by atomic mass is 79.9. The van der Waals surface area contributed by atoms with Crippen LogP contribution < -0.4 is 20.5 Å². The van der Waals surface area contributed by atoms with Gasteiger partial charge in [0.15, 0.2) is 11.5 Å². The Kier molecular flexibility index (Phi) is 9.03. The average molecular weight is 436 g/mol. The molecule has 1 aliphatic rings. The van der Waals surface area contributed by atoms with Crippen molar-refractivity contribution in [1.29, 1.82) is 0 Å². The van der Waals surface area contributed by atoms with Crippen molar-refractivity contribution in [3.8, 4) is 11.5 Å². The largest absolute Gasteiger partial charge is 0.493 e. The summed E-state index contributed by atoms with van der Waals surface area (Å²) < 4.78 is 11.5. The van der Waals surface area contributed by atoms with Gasteiger partial charge in [0.2, 0.25) is 5.91 Å². The second-order valence-corrected chi connectivity index (χ2v) is 7.37. The molecule has 0 spiro atoms. The van der Waals surface area contributed by atoms with Crippen LogP contribution in [0.15, 0.2) is 16.6 Å². The summed E-state index contributed by atoms with van der Waals surface area (Å²) in [6.07, 6.45) is 6.21. The normalized spacial score (nSPS) is 15.8. The number of hydrogen-bond acceptors (Lipinski definition) is 4. The van der Waals surface area contributed by atoms with E-state index in [1.54, 1.807) is 14.2 Å². The van der Waals surface area contributed by atoms with E-state index in [9.17, 15) is 4.79 Å². The molecule has 0 saturated heterocycles. The number of carbonyl (C=O) groups excluding carboxylic acids is 1. The number of amides is 1. The van der Waals surface area contributed by atoms with E-state index in [1.807, 2.05) is 12.1 Å². The molecular weight excluding hydrogens is 408 g/mol. The molecule has 25 heavy (non-hydrogen) atoms. The third kappa shape index (κ3) is 5.76. The number of halogens is 2. The van der Waals surface area contributed by atoms with Crippen LogP contribution in [0.2, 0.25) is 0 Å². The number of nitrogens with one attached hydrogen (secondary N) is 1. The average Bonchev–Trinajstić information content (AvgIpc) is 2.61. The number of nitrogens with two attached hydrogens (primary N) is 1. The van der Waals surface area contributed by atoms with Gasteiger partial charge < -0.3 is 20.5 Å².